The van der Waals surface area contributed by atoms with Crippen molar-refractivity contribution in [2.45, 2.75) is 13.5 Å². The number of anilines is 1. The summed E-state index contributed by atoms with van der Waals surface area (Å²) in [6, 6.07) is 20.6. The maximum Gasteiger partial charge on any atom is 0.335 e. The number of rotatable bonds is 6. The Morgan fingerprint density at radius 1 is 0.939 bits per heavy atom. The second kappa shape index (κ2) is 9.40. The van der Waals surface area contributed by atoms with Crippen molar-refractivity contribution in [2.24, 2.45) is 0 Å². The summed E-state index contributed by atoms with van der Waals surface area (Å²) in [4.78, 5) is 38.9. The Balaban J connectivity index is 1.67. The van der Waals surface area contributed by atoms with Crippen LogP contribution in [0, 0.1) is 6.92 Å². The standard InChI is InChI=1S/C26H22N2O5/c1-17-8-10-18(11-9-17)16-33-23-15-21(32-2)13-12-19(23)14-22-24(29)27-26(31)28(25(22)30)20-6-4-3-5-7-20/h3-15H,16H2,1-2H3,(H,27,29,31)/b22-14+. The first kappa shape index (κ1) is 21.8. The average molecular weight is 442 g/mol. The van der Waals surface area contributed by atoms with Gasteiger partial charge in [0.25, 0.3) is 11.8 Å². The van der Waals surface area contributed by atoms with Crippen LogP contribution in [0.4, 0.5) is 10.5 Å². The van der Waals surface area contributed by atoms with Gasteiger partial charge < -0.3 is 9.47 Å². The van der Waals surface area contributed by atoms with Gasteiger partial charge >= 0.3 is 6.03 Å². The van der Waals surface area contributed by atoms with Gasteiger partial charge in [0.1, 0.15) is 23.7 Å². The number of ether oxygens (including phenoxy) is 2. The van der Waals surface area contributed by atoms with Gasteiger partial charge in [-0.3, -0.25) is 14.9 Å². The number of benzene rings is 3. The average Bonchev–Trinajstić information content (AvgIpc) is 2.82. The lowest BCUT2D eigenvalue weighted by atomic mass is 10.1. The van der Waals surface area contributed by atoms with E-state index in [1.54, 1.807) is 55.6 Å². The zero-order valence-corrected chi connectivity index (χ0v) is 18.2. The van der Waals surface area contributed by atoms with Crippen LogP contribution < -0.4 is 19.7 Å². The molecule has 3 aromatic carbocycles. The largest absolute Gasteiger partial charge is 0.497 e. The van der Waals surface area contributed by atoms with Gasteiger partial charge in [0.05, 0.1) is 12.8 Å². The molecule has 7 heteroatoms. The minimum atomic E-state index is -0.793. The molecule has 33 heavy (non-hydrogen) atoms. The molecule has 0 saturated carbocycles. The highest BCUT2D eigenvalue weighted by Gasteiger charge is 2.36. The van der Waals surface area contributed by atoms with Crippen LogP contribution in [0.5, 0.6) is 11.5 Å². The van der Waals surface area contributed by atoms with Crippen molar-refractivity contribution in [3.05, 3.63) is 95.1 Å². The van der Waals surface area contributed by atoms with Crippen LogP contribution in [-0.2, 0) is 16.2 Å². The Morgan fingerprint density at radius 3 is 2.36 bits per heavy atom. The summed E-state index contributed by atoms with van der Waals surface area (Å²) in [7, 11) is 1.54. The van der Waals surface area contributed by atoms with Crippen molar-refractivity contribution in [2.75, 3.05) is 12.0 Å². The molecule has 0 atom stereocenters. The third-order valence-electron chi connectivity index (χ3n) is 5.15. The van der Waals surface area contributed by atoms with E-state index in [1.165, 1.54) is 6.08 Å². The molecule has 166 valence electrons. The van der Waals surface area contributed by atoms with E-state index in [9.17, 15) is 14.4 Å². The Labute approximate surface area is 191 Å². The molecule has 0 radical (unpaired) electrons. The van der Waals surface area contributed by atoms with Gasteiger partial charge in [0, 0.05) is 11.6 Å². The molecule has 0 unspecified atom stereocenters. The molecule has 4 amide bonds. The van der Waals surface area contributed by atoms with Crippen LogP contribution in [-0.4, -0.2) is 25.0 Å². The lowest BCUT2D eigenvalue weighted by Crippen LogP contribution is -2.54. The van der Waals surface area contributed by atoms with Crippen LogP contribution in [0.25, 0.3) is 6.08 Å². The zero-order valence-electron chi connectivity index (χ0n) is 18.2. The number of hydrogen-bond donors (Lipinski definition) is 1. The van der Waals surface area contributed by atoms with Crippen molar-refractivity contribution >= 4 is 29.6 Å². The lowest BCUT2D eigenvalue weighted by Gasteiger charge is -2.26. The zero-order chi connectivity index (χ0) is 23.4. The number of imide groups is 2. The number of amides is 4. The predicted molar refractivity (Wildman–Crippen MR) is 124 cm³/mol. The highest BCUT2D eigenvalue weighted by molar-refractivity contribution is 6.39. The number of carbonyl (C=O) groups excluding carboxylic acids is 3. The third-order valence-corrected chi connectivity index (χ3v) is 5.15. The van der Waals surface area contributed by atoms with E-state index >= 15 is 0 Å². The number of hydrogen-bond acceptors (Lipinski definition) is 5. The molecule has 1 fully saturated rings. The molecule has 3 aromatic rings. The minimum Gasteiger partial charge on any atom is -0.497 e. The molecule has 1 heterocycles. The number of methoxy groups -OCH3 is 1. The summed E-state index contributed by atoms with van der Waals surface area (Å²) in [6.45, 7) is 2.30. The predicted octanol–water partition coefficient (Wildman–Crippen LogP) is 4.25. The molecular weight excluding hydrogens is 420 g/mol. The van der Waals surface area contributed by atoms with Gasteiger partial charge in [-0.05, 0) is 42.8 Å². The first-order valence-corrected chi connectivity index (χ1v) is 10.3. The summed E-state index contributed by atoms with van der Waals surface area (Å²) in [5, 5.41) is 2.23. The maximum atomic E-state index is 13.1. The number of nitrogens with one attached hydrogen (secondary N) is 1. The highest BCUT2D eigenvalue weighted by Crippen LogP contribution is 2.29. The first-order chi connectivity index (χ1) is 16.0. The Kier molecular flexibility index (Phi) is 6.22. The quantitative estimate of drug-likeness (QED) is 0.456. The summed E-state index contributed by atoms with van der Waals surface area (Å²) in [5.74, 6) is -0.476. The van der Waals surface area contributed by atoms with Crippen molar-refractivity contribution in [3.63, 3.8) is 0 Å². The fourth-order valence-electron chi connectivity index (χ4n) is 3.36. The summed E-state index contributed by atoms with van der Waals surface area (Å²) < 4.78 is 11.3. The van der Waals surface area contributed by atoms with Gasteiger partial charge in [-0.15, -0.1) is 0 Å². The molecule has 1 N–H and O–H groups in total. The van der Waals surface area contributed by atoms with Crippen molar-refractivity contribution in [1.29, 1.82) is 0 Å². The fraction of sp³-hybridized carbons (Fsp3) is 0.115. The molecule has 0 aliphatic carbocycles. The van der Waals surface area contributed by atoms with Gasteiger partial charge in [0.15, 0.2) is 0 Å². The van der Waals surface area contributed by atoms with Crippen LogP contribution in [0.1, 0.15) is 16.7 Å². The smallest absolute Gasteiger partial charge is 0.335 e. The Morgan fingerprint density at radius 2 is 1.67 bits per heavy atom. The van der Waals surface area contributed by atoms with E-state index in [4.69, 9.17) is 9.47 Å². The minimum absolute atomic E-state index is 0.177. The number of para-hydroxylation sites is 1. The van der Waals surface area contributed by atoms with E-state index in [0.29, 0.717) is 29.4 Å². The van der Waals surface area contributed by atoms with Crippen LogP contribution in [0.15, 0.2) is 78.4 Å². The summed E-state index contributed by atoms with van der Waals surface area (Å²) in [6.07, 6.45) is 1.42. The van der Waals surface area contributed by atoms with Crippen LogP contribution in [0.2, 0.25) is 0 Å². The first-order valence-electron chi connectivity index (χ1n) is 10.3. The van der Waals surface area contributed by atoms with Gasteiger partial charge in [-0.2, -0.15) is 0 Å². The van der Waals surface area contributed by atoms with Gasteiger partial charge in [-0.1, -0.05) is 48.0 Å². The van der Waals surface area contributed by atoms with E-state index in [2.05, 4.69) is 5.32 Å². The number of barbiturate groups is 1. The molecule has 4 rings (SSSR count). The van der Waals surface area contributed by atoms with E-state index in [1.807, 2.05) is 31.2 Å². The van der Waals surface area contributed by atoms with Crippen molar-refractivity contribution in [1.82, 2.24) is 5.32 Å². The normalized spacial score (nSPS) is 14.9. The fourth-order valence-corrected chi connectivity index (χ4v) is 3.36. The van der Waals surface area contributed by atoms with Gasteiger partial charge in [0.2, 0.25) is 0 Å². The Bertz CT molecular complexity index is 1230. The van der Waals surface area contributed by atoms with E-state index < -0.39 is 17.8 Å². The van der Waals surface area contributed by atoms with Crippen LogP contribution in [0.3, 0.4) is 0 Å². The third kappa shape index (κ3) is 4.77. The molecule has 1 saturated heterocycles. The highest BCUT2D eigenvalue weighted by atomic mass is 16.5. The topological polar surface area (TPSA) is 84.9 Å². The number of aryl methyl sites for hydroxylation is 1. The molecule has 0 aromatic heterocycles. The SMILES string of the molecule is COc1ccc(/C=C2\C(=O)NC(=O)N(c3ccccc3)C2=O)c(OCc2ccc(C)cc2)c1. The molecule has 1 aliphatic rings. The summed E-state index contributed by atoms with van der Waals surface area (Å²) in [5.41, 5.74) is 2.80. The summed E-state index contributed by atoms with van der Waals surface area (Å²) >= 11 is 0. The molecule has 1 aliphatic heterocycles. The maximum absolute atomic E-state index is 13.1. The van der Waals surface area contributed by atoms with Crippen LogP contribution >= 0.6 is 0 Å². The Hall–Kier alpha value is -4.39. The van der Waals surface area contributed by atoms with E-state index in [-0.39, 0.29) is 5.57 Å². The van der Waals surface area contributed by atoms with Crippen molar-refractivity contribution in [3.8, 4) is 11.5 Å². The molecule has 0 spiro atoms. The molecule has 7 nitrogen and oxygen atoms in total. The number of urea groups is 1. The number of carbonyl (C=O) groups is 3. The lowest BCUT2D eigenvalue weighted by molar-refractivity contribution is -0.122. The monoisotopic (exact) mass is 442 g/mol. The molecular formula is C26H22N2O5. The van der Waals surface area contributed by atoms with Crippen molar-refractivity contribution < 1.29 is 23.9 Å². The molecule has 0 bridgehead atoms. The van der Waals surface area contributed by atoms with Gasteiger partial charge in [-0.25, -0.2) is 9.69 Å². The second-order valence-electron chi connectivity index (χ2n) is 7.47. The second-order valence-corrected chi connectivity index (χ2v) is 7.47. The number of nitrogens with zero attached hydrogens (tertiary/aromatic N) is 1. The van der Waals surface area contributed by atoms with E-state index in [0.717, 1.165) is 16.0 Å².